The number of piperidine rings is 1. The normalized spacial score (nSPS) is 15.8. The first kappa shape index (κ1) is 27.3. The fourth-order valence-electron chi connectivity index (χ4n) is 3.38. The number of nitrogens with zero attached hydrogens (tertiary/aromatic N) is 2. The SMILES string of the molecule is CN=C(NCCCCN1CCC(C(N)=O)CC1)NCc1ccccc1OC(F)(F)F.I. The van der Waals surface area contributed by atoms with Gasteiger partial charge in [0.2, 0.25) is 5.91 Å². The summed E-state index contributed by atoms with van der Waals surface area (Å²) in [5, 5.41) is 6.17. The molecule has 0 atom stereocenters. The minimum Gasteiger partial charge on any atom is -0.405 e. The van der Waals surface area contributed by atoms with Crippen LogP contribution >= 0.6 is 24.0 Å². The third-order valence-electron chi connectivity index (χ3n) is 5.05. The van der Waals surface area contributed by atoms with Crippen LogP contribution in [0.1, 0.15) is 31.2 Å². The van der Waals surface area contributed by atoms with Crippen molar-refractivity contribution in [2.45, 2.75) is 38.6 Å². The Hall–Kier alpha value is -1.76. The van der Waals surface area contributed by atoms with Crippen LogP contribution < -0.4 is 21.1 Å². The predicted molar refractivity (Wildman–Crippen MR) is 124 cm³/mol. The molecule has 176 valence electrons. The number of primary amides is 1. The molecule has 0 spiro atoms. The lowest BCUT2D eigenvalue weighted by Crippen LogP contribution is -2.39. The van der Waals surface area contributed by atoms with Crippen molar-refractivity contribution in [2.24, 2.45) is 16.6 Å². The van der Waals surface area contributed by atoms with E-state index in [-0.39, 0.29) is 48.1 Å². The lowest BCUT2D eigenvalue weighted by Gasteiger charge is -2.30. The van der Waals surface area contributed by atoms with E-state index in [9.17, 15) is 18.0 Å². The molecule has 7 nitrogen and oxygen atoms in total. The topological polar surface area (TPSA) is 92.0 Å². The number of benzene rings is 1. The largest absolute Gasteiger partial charge is 0.573 e. The summed E-state index contributed by atoms with van der Waals surface area (Å²) in [6, 6.07) is 6.01. The maximum atomic E-state index is 12.5. The maximum absolute atomic E-state index is 12.5. The molecular formula is C20H31F3IN5O2. The minimum absolute atomic E-state index is 0. The van der Waals surface area contributed by atoms with Crippen LogP contribution in [0.15, 0.2) is 29.3 Å². The van der Waals surface area contributed by atoms with Gasteiger partial charge in [-0.1, -0.05) is 18.2 Å². The van der Waals surface area contributed by atoms with Crippen molar-refractivity contribution in [3.63, 3.8) is 0 Å². The number of para-hydroxylation sites is 1. The third kappa shape index (κ3) is 10.4. The summed E-state index contributed by atoms with van der Waals surface area (Å²) in [7, 11) is 1.61. The number of nitrogens with two attached hydrogens (primary N) is 1. The molecule has 1 aliphatic rings. The number of amides is 1. The first-order valence-electron chi connectivity index (χ1n) is 10.1. The second-order valence-corrected chi connectivity index (χ2v) is 7.23. The first-order valence-corrected chi connectivity index (χ1v) is 10.1. The number of hydrogen-bond acceptors (Lipinski definition) is 4. The summed E-state index contributed by atoms with van der Waals surface area (Å²) in [6.07, 6.45) is -1.17. The third-order valence-corrected chi connectivity index (χ3v) is 5.05. The van der Waals surface area contributed by atoms with Crippen LogP contribution in [0.2, 0.25) is 0 Å². The number of alkyl halides is 3. The van der Waals surface area contributed by atoms with Gasteiger partial charge in [-0.3, -0.25) is 9.79 Å². The van der Waals surface area contributed by atoms with Crippen LogP contribution in [0, 0.1) is 5.92 Å². The first-order chi connectivity index (χ1) is 14.3. The van der Waals surface area contributed by atoms with Gasteiger partial charge in [0.15, 0.2) is 5.96 Å². The zero-order chi connectivity index (χ0) is 22.0. The van der Waals surface area contributed by atoms with Crippen molar-refractivity contribution in [3.05, 3.63) is 29.8 Å². The maximum Gasteiger partial charge on any atom is 0.573 e. The van der Waals surface area contributed by atoms with E-state index < -0.39 is 6.36 Å². The van der Waals surface area contributed by atoms with Gasteiger partial charge in [-0.2, -0.15) is 0 Å². The Bertz CT molecular complexity index is 710. The van der Waals surface area contributed by atoms with Crippen molar-refractivity contribution >= 4 is 35.8 Å². The van der Waals surface area contributed by atoms with Crippen LogP contribution in [0.3, 0.4) is 0 Å². The van der Waals surface area contributed by atoms with E-state index in [4.69, 9.17) is 5.73 Å². The Kier molecular flexibility index (Phi) is 12.0. The highest BCUT2D eigenvalue weighted by Crippen LogP contribution is 2.26. The number of unbranched alkanes of at least 4 members (excludes halogenated alkanes) is 1. The molecule has 1 saturated heterocycles. The molecule has 0 aromatic heterocycles. The molecule has 1 aliphatic heterocycles. The van der Waals surface area contributed by atoms with Crippen LogP contribution in [0.5, 0.6) is 5.75 Å². The van der Waals surface area contributed by atoms with Crippen LogP contribution in [0.25, 0.3) is 0 Å². The van der Waals surface area contributed by atoms with Gasteiger partial charge >= 0.3 is 6.36 Å². The lowest BCUT2D eigenvalue weighted by atomic mass is 9.96. The zero-order valence-electron chi connectivity index (χ0n) is 17.6. The number of rotatable bonds is 9. The van der Waals surface area contributed by atoms with E-state index in [1.54, 1.807) is 19.2 Å². The Morgan fingerprint density at radius 2 is 1.90 bits per heavy atom. The Balaban J connectivity index is 0.00000480. The average molecular weight is 557 g/mol. The highest BCUT2D eigenvalue weighted by atomic mass is 127. The number of carbonyl (C=O) groups is 1. The summed E-state index contributed by atoms with van der Waals surface area (Å²) in [6.45, 7) is 3.59. The van der Waals surface area contributed by atoms with Crippen molar-refractivity contribution in [3.8, 4) is 5.75 Å². The van der Waals surface area contributed by atoms with E-state index in [2.05, 4.69) is 25.3 Å². The zero-order valence-corrected chi connectivity index (χ0v) is 19.9. The Morgan fingerprint density at radius 1 is 1.23 bits per heavy atom. The van der Waals surface area contributed by atoms with Gasteiger partial charge in [0.05, 0.1) is 0 Å². The number of nitrogens with one attached hydrogen (secondary N) is 2. The number of likely N-dealkylation sites (tertiary alicyclic amines) is 1. The number of halogens is 4. The van der Waals surface area contributed by atoms with Gasteiger partial charge in [-0.25, -0.2) is 0 Å². The number of aliphatic imine (C=N–C) groups is 1. The van der Waals surface area contributed by atoms with E-state index in [1.165, 1.54) is 12.1 Å². The van der Waals surface area contributed by atoms with Gasteiger partial charge in [0, 0.05) is 31.6 Å². The minimum atomic E-state index is -4.73. The average Bonchev–Trinajstić information content (AvgIpc) is 2.70. The Labute approximate surface area is 198 Å². The van der Waals surface area contributed by atoms with E-state index >= 15 is 0 Å². The molecular weight excluding hydrogens is 526 g/mol. The van der Waals surface area contributed by atoms with E-state index in [0.717, 1.165) is 45.3 Å². The lowest BCUT2D eigenvalue weighted by molar-refractivity contribution is -0.274. The highest BCUT2D eigenvalue weighted by Gasteiger charge is 2.32. The molecule has 0 bridgehead atoms. The molecule has 0 saturated carbocycles. The van der Waals surface area contributed by atoms with E-state index in [1.807, 2.05) is 0 Å². The van der Waals surface area contributed by atoms with Gasteiger partial charge in [0.1, 0.15) is 5.75 Å². The monoisotopic (exact) mass is 557 g/mol. The van der Waals surface area contributed by atoms with Crippen LogP contribution in [0.4, 0.5) is 13.2 Å². The summed E-state index contributed by atoms with van der Waals surface area (Å²) in [4.78, 5) is 17.6. The number of ether oxygens (including phenoxy) is 1. The fourth-order valence-corrected chi connectivity index (χ4v) is 3.38. The second kappa shape index (κ2) is 13.6. The number of carbonyl (C=O) groups excluding carboxylic acids is 1. The van der Waals surface area contributed by atoms with Gasteiger partial charge < -0.3 is 26.0 Å². The fraction of sp³-hybridized carbons (Fsp3) is 0.600. The summed E-state index contributed by atoms with van der Waals surface area (Å²) in [5.41, 5.74) is 5.74. The van der Waals surface area contributed by atoms with Crippen molar-refractivity contribution in [1.82, 2.24) is 15.5 Å². The van der Waals surface area contributed by atoms with Crippen molar-refractivity contribution in [1.29, 1.82) is 0 Å². The molecule has 1 amide bonds. The number of hydrogen-bond donors (Lipinski definition) is 3. The standard InChI is InChI=1S/C20H30F3N5O2.HI/c1-25-19(27-14-16-6-2-3-7-17(16)30-20(21,22)23)26-10-4-5-11-28-12-8-15(9-13-28)18(24)29;/h2-3,6-7,15H,4-5,8-14H2,1H3,(H2,24,29)(H2,25,26,27);1H. The molecule has 0 radical (unpaired) electrons. The van der Waals surface area contributed by atoms with E-state index in [0.29, 0.717) is 18.1 Å². The highest BCUT2D eigenvalue weighted by molar-refractivity contribution is 14.0. The quantitative estimate of drug-likeness (QED) is 0.188. The van der Waals surface area contributed by atoms with Gasteiger partial charge in [0.25, 0.3) is 0 Å². The molecule has 1 aromatic carbocycles. The molecule has 11 heteroatoms. The summed E-state index contributed by atoms with van der Waals surface area (Å²) >= 11 is 0. The molecule has 31 heavy (non-hydrogen) atoms. The molecule has 0 aliphatic carbocycles. The Morgan fingerprint density at radius 3 is 2.52 bits per heavy atom. The van der Waals surface area contributed by atoms with Crippen LogP contribution in [-0.4, -0.2) is 56.4 Å². The second-order valence-electron chi connectivity index (χ2n) is 7.23. The summed E-state index contributed by atoms with van der Waals surface area (Å²) in [5.74, 6) is 0.0847. The van der Waals surface area contributed by atoms with Gasteiger partial charge in [-0.05, 0) is 51.4 Å². The summed E-state index contributed by atoms with van der Waals surface area (Å²) < 4.78 is 41.6. The molecule has 1 heterocycles. The molecule has 4 N–H and O–H groups in total. The van der Waals surface area contributed by atoms with Gasteiger partial charge in [-0.15, -0.1) is 37.1 Å². The predicted octanol–water partition coefficient (Wildman–Crippen LogP) is 2.85. The van der Waals surface area contributed by atoms with Crippen LogP contribution in [-0.2, 0) is 11.3 Å². The van der Waals surface area contributed by atoms with Crippen molar-refractivity contribution in [2.75, 3.05) is 33.2 Å². The molecule has 2 rings (SSSR count). The molecule has 1 aromatic rings. The molecule has 0 unspecified atom stereocenters. The smallest absolute Gasteiger partial charge is 0.405 e. The molecule has 1 fully saturated rings. The number of guanidine groups is 1. The van der Waals surface area contributed by atoms with Crippen molar-refractivity contribution < 1.29 is 22.7 Å².